The van der Waals surface area contributed by atoms with Gasteiger partial charge in [-0.3, -0.25) is 0 Å². The molecule has 0 bridgehead atoms. The molecule has 3 aromatic rings. The number of hydrogen-bond acceptors (Lipinski definition) is 5. The van der Waals surface area contributed by atoms with Gasteiger partial charge in [-0.15, -0.1) is 0 Å². The first-order valence-electron chi connectivity index (χ1n) is 8.95. The maximum absolute atomic E-state index is 5.93. The lowest BCUT2D eigenvalue weighted by Crippen LogP contribution is -2.06. The molecule has 0 spiro atoms. The number of nitrogens with zero attached hydrogens (tertiary/aromatic N) is 2. The van der Waals surface area contributed by atoms with Crippen LogP contribution in [0.2, 0.25) is 0 Å². The molecule has 25 heavy (non-hydrogen) atoms. The molecule has 1 aromatic carbocycles. The van der Waals surface area contributed by atoms with Crippen molar-refractivity contribution in [3.05, 3.63) is 47.5 Å². The van der Waals surface area contributed by atoms with Gasteiger partial charge >= 0.3 is 0 Å². The summed E-state index contributed by atoms with van der Waals surface area (Å²) in [7, 11) is 0. The first kappa shape index (κ1) is 15.9. The Kier molecular flexibility index (Phi) is 4.30. The molecule has 1 N–H and O–H groups in total. The Labute approximate surface area is 147 Å². The van der Waals surface area contributed by atoms with Crippen molar-refractivity contribution >= 4 is 16.9 Å². The minimum atomic E-state index is 0.186. The molecular formula is C20H23N3O2. The number of furan rings is 1. The van der Waals surface area contributed by atoms with E-state index in [1.807, 2.05) is 26.0 Å². The Morgan fingerprint density at radius 2 is 1.92 bits per heavy atom. The zero-order chi connectivity index (χ0) is 17.2. The van der Waals surface area contributed by atoms with E-state index in [1.165, 1.54) is 24.0 Å². The second-order valence-corrected chi connectivity index (χ2v) is 6.78. The molecule has 130 valence electrons. The molecule has 0 unspecified atom stereocenters. The highest BCUT2D eigenvalue weighted by Gasteiger charge is 2.21. The van der Waals surface area contributed by atoms with Gasteiger partial charge in [0.2, 0.25) is 5.71 Å². The van der Waals surface area contributed by atoms with E-state index in [0.717, 1.165) is 35.6 Å². The molecule has 2 heterocycles. The number of aromatic nitrogens is 2. The summed E-state index contributed by atoms with van der Waals surface area (Å²) in [5.74, 6) is 2.84. The summed E-state index contributed by atoms with van der Waals surface area (Å²) in [5.41, 5.74) is 3.16. The molecule has 0 fully saturated rings. The Morgan fingerprint density at radius 3 is 2.72 bits per heavy atom. The van der Waals surface area contributed by atoms with Gasteiger partial charge in [-0.25, -0.2) is 9.97 Å². The van der Waals surface area contributed by atoms with E-state index in [0.29, 0.717) is 12.3 Å². The molecule has 1 aliphatic rings. The molecule has 5 nitrogen and oxygen atoms in total. The van der Waals surface area contributed by atoms with Crippen molar-refractivity contribution in [3.63, 3.8) is 0 Å². The molecular weight excluding hydrogens is 314 g/mol. The van der Waals surface area contributed by atoms with Gasteiger partial charge in [-0.1, -0.05) is 12.1 Å². The van der Waals surface area contributed by atoms with E-state index in [4.69, 9.17) is 9.15 Å². The number of anilines is 1. The minimum Gasteiger partial charge on any atom is -0.491 e. The van der Waals surface area contributed by atoms with Crippen molar-refractivity contribution in [1.29, 1.82) is 0 Å². The van der Waals surface area contributed by atoms with Crippen molar-refractivity contribution in [2.45, 2.75) is 52.2 Å². The van der Waals surface area contributed by atoms with Crippen LogP contribution in [-0.4, -0.2) is 16.1 Å². The van der Waals surface area contributed by atoms with E-state index in [2.05, 4.69) is 27.4 Å². The maximum atomic E-state index is 5.93. The Morgan fingerprint density at radius 1 is 1.12 bits per heavy atom. The van der Waals surface area contributed by atoms with Crippen LogP contribution in [0.3, 0.4) is 0 Å². The van der Waals surface area contributed by atoms with E-state index >= 15 is 0 Å². The van der Waals surface area contributed by atoms with Crippen molar-refractivity contribution in [2.75, 3.05) is 5.32 Å². The molecule has 0 saturated heterocycles. The summed E-state index contributed by atoms with van der Waals surface area (Å²) < 4.78 is 11.6. The number of benzene rings is 1. The summed E-state index contributed by atoms with van der Waals surface area (Å²) in [4.78, 5) is 8.76. The summed E-state index contributed by atoms with van der Waals surface area (Å²) in [6, 6.07) is 8.17. The highest BCUT2D eigenvalue weighted by Crippen LogP contribution is 2.34. The fourth-order valence-electron chi connectivity index (χ4n) is 3.37. The number of fused-ring (bicyclic) bond motifs is 3. The lowest BCUT2D eigenvalue weighted by Gasteiger charge is -2.12. The molecule has 0 aliphatic heterocycles. The third-order valence-electron chi connectivity index (χ3n) is 4.51. The normalized spacial score (nSPS) is 13.9. The lowest BCUT2D eigenvalue weighted by molar-refractivity contribution is 0.242. The van der Waals surface area contributed by atoms with Crippen LogP contribution >= 0.6 is 0 Å². The molecule has 5 heteroatoms. The summed E-state index contributed by atoms with van der Waals surface area (Å²) >= 11 is 0. The second kappa shape index (κ2) is 6.75. The van der Waals surface area contributed by atoms with Gasteiger partial charge in [0.05, 0.1) is 11.5 Å². The van der Waals surface area contributed by atoms with E-state index in [-0.39, 0.29) is 6.10 Å². The Hall–Kier alpha value is -2.56. The van der Waals surface area contributed by atoms with E-state index in [9.17, 15) is 0 Å². The SMILES string of the molecule is CC(C)Oc1ccc(CNc2ncnc3oc4c(c23)CCCC4)cc1. The number of aryl methyl sites for hydroxylation is 2. The van der Waals surface area contributed by atoms with E-state index in [1.54, 1.807) is 6.33 Å². The summed E-state index contributed by atoms with van der Waals surface area (Å²) in [6.07, 6.45) is 6.19. The first-order valence-corrected chi connectivity index (χ1v) is 8.95. The summed E-state index contributed by atoms with van der Waals surface area (Å²) in [6.45, 7) is 4.76. The van der Waals surface area contributed by atoms with Crippen LogP contribution in [0.5, 0.6) is 5.75 Å². The fourth-order valence-corrected chi connectivity index (χ4v) is 3.37. The Bertz CT molecular complexity index is 869. The predicted molar refractivity (Wildman–Crippen MR) is 98.0 cm³/mol. The summed E-state index contributed by atoms with van der Waals surface area (Å²) in [5, 5.41) is 4.50. The fraction of sp³-hybridized carbons (Fsp3) is 0.400. The molecule has 2 aromatic heterocycles. The second-order valence-electron chi connectivity index (χ2n) is 6.78. The maximum Gasteiger partial charge on any atom is 0.231 e. The van der Waals surface area contributed by atoms with Crippen molar-refractivity contribution in [2.24, 2.45) is 0 Å². The molecule has 0 saturated carbocycles. The molecule has 0 amide bonds. The van der Waals surface area contributed by atoms with Crippen LogP contribution in [-0.2, 0) is 19.4 Å². The quantitative estimate of drug-likeness (QED) is 0.743. The predicted octanol–water partition coefficient (Wildman–Crippen LogP) is 4.50. The van der Waals surface area contributed by atoms with Crippen LogP contribution in [0.1, 0.15) is 43.6 Å². The molecule has 0 radical (unpaired) electrons. The largest absolute Gasteiger partial charge is 0.491 e. The average molecular weight is 337 g/mol. The third kappa shape index (κ3) is 3.31. The highest BCUT2D eigenvalue weighted by molar-refractivity contribution is 5.90. The monoisotopic (exact) mass is 337 g/mol. The average Bonchev–Trinajstić information content (AvgIpc) is 3.00. The first-order chi connectivity index (χ1) is 12.2. The van der Waals surface area contributed by atoms with Crippen molar-refractivity contribution in [3.8, 4) is 5.75 Å². The van der Waals surface area contributed by atoms with Gasteiger partial charge in [0.1, 0.15) is 23.7 Å². The van der Waals surface area contributed by atoms with Crippen molar-refractivity contribution in [1.82, 2.24) is 9.97 Å². The van der Waals surface area contributed by atoms with Crippen LogP contribution in [0.4, 0.5) is 5.82 Å². The van der Waals surface area contributed by atoms with E-state index < -0.39 is 0 Å². The molecule has 1 aliphatic carbocycles. The number of hydrogen-bond donors (Lipinski definition) is 1. The van der Waals surface area contributed by atoms with Gasteiger partial charge in [-0.2, -0.15) is 0 Å². The smallest absolute Gasteiger partial charge is 0.231 e. The van der Waals surface area contributed by atoms with Crippen LogP contribution < -0.4 is 10.1 Å². The highest BCUT2D eigenvalue weighted by atomic mass is 16.5. The Balaban J connectivity index is 1.54. The van der Waals surface area contributed by atoms with Gasteiger partial charge in [0.25, 0.3) is 0 Å². The van der Waals surface area contributed by atoms with Gasteiger partial charge in [0, 0.05) is 18.5 Å². The number of nitrogens with one attached hydrogen (secondary N) is 1. The van der Waals surface area contributed by atoms with Crippen LogP contribution in [0.25, 0.3) is 11.1 Å². The zero-order valence-electron chi connectivity index (χ0n) is 14.7. The minimum absolute atomic E-state index is 0.186. The van der Waals surface area contributed by atoms with Gasteiger partial charge in [0.15, 0.2) is 0 Å². The lowest BCUT2D eigenvalue weighted by atomic mass is 9.96. The number of ether oxygens (including phenoxy) is 1. The van der Waals surface area contributed by atoms with Crippen LogP contribution in [0.15, 0.2) is 35.0 Å². The molecule has 0 atom stereocenters. The topological polar surface area (TPSA) is 60.2 Å². The van der Waals surface area contributed by atoms with Gasteiger partial charge < -0.3 is 14.5 Å². The van der Waals surface area contributed by atoms with Crippen LogP contribution in [0, 0.1) is 0 Å². The third-order valence-corrected chi connectivity index (χ3v) is 4.51. The zero-order valence-corrected chi connectivity index (χ0v) is 14.7. The van der Waals surface area contributed by atoms with Crippen molar-refractivity contribution < 1.29 is 9.15 Å². The van der Waals surface area contributed by atoms with Gasteiger partial charge in [-0.05, 0) is 50.8 Å². The molecule has 4 rings (SSSR count). The standard InChI is InChI=1S/C20H23N3O2/c1-13(2)24-15-9-7-14(8-10-15)11-21-19-18-16-5-3-4-6-17(16)25-20(18)23-12-22-19/h7-10,12-13H,3-6,11H2,1-2H3,(H,21,22,23). The number of rotatable bonds is 5.